The first-order chi connectivity index (χ1) is 11.5. The minimum Gasteiger partial charge on any atom is -0.496 e. The minimum atomic E-state index is -0.499. The molecule has 3 rings (SSSR count). The number of methoxy groups -OCH3 is 1. The summed E-state index contributed by atoms with van der Waals surface area (Å²) in [6, 6.07) is 7.62. The van der Waals surface area contributed by atoms with E-state index in [9.17, 15) is 10.1 Å². The molecular weight excluding hydrogens is 372 g/mol. The lowest BCUT2D eigenvalue weighted by molar-refractivity contribution is -0.117. The molecule has 0 bridgehead atoms. The first kappa shape index (κ1) is 16.6. The van der Waals surface area contributed by atoms with Gasteiger partial charge >= 0.3 is 0 Å². The van der Waals surface area contributed by atoms with Crippen LogP contribution in [0.2, 0.25) is 0 Å². The average molecular weight is 389 g/mol. The lowest BCUT2D eigenvalue weighted by atomic mass is 9.75. The van der Waals surface area contributed by atoms with Gasteiger partial charge in [-0.2, -0.15) is 5.26 Å². The average Bonchev–Trinajstić information content (AvgIpc) is 2.53. The van der Waals surface area contributed by atoms with Gasteiger partial charge in [-0.05, 0) is 39.5 Å². The Labute approximate surface area is 148 Å². The van der Waals surface area contributed by atoms with E-state index in [2.05, 4.69) is 22.0 Å². The number of nitriles is 1. The number of Topliss-reactive ketones (excluding diaryl/α,β-unsaturated/α-hetero) is 1. The van der Waals surface area contributed by atoms with Crippen LogP contribution in [-0.2, 0) is 9.53 Å². The van der Waals surface area contributed by atoms with Crippen LogP contribution in [0.1, 0.15) is 31.2 Å². The van der Waals surface area contributed by atoms with Crippen molar-refractivity contribution in [1.82, 2.24) is 0 Å². The van der Waals surface area contributed by atoms with Crippen molar-refractivity contribution in [2.75, 3.05) is 7.11 Å². The third-order valence-electron chi connectivity index (χ3n) is 4.37. The number of rotatable bonds is 2. The molecule has 24 heavy (non-hydrogen) atoms. The zero-order valence-electron chi connectivity index (χ0n) is 13.4. The zero-order valence-corrected chi connectivity index (χ0v) is 15.0. The topological polar surface area (TPSA) is 85.3 Å². The summed E-state index contributed by atoms with van der Waals surface area (Å²) in [6.07, 6.45) is 1.10. The number of hydrogen-bond donors (Lipinski definition) is 1. The van der Waals surface area contributed by atoms with Crippen LogP contribution in [0.5, 0.6) is 5.75 Å². The lowest BCUT2D eigenvalue weighted by Crippen LogP contribution is -2.29. The quantitative estimate of drug-likeness (QED) is 0.837. The molecule has 0 spiro atoms. The number of benzene rings is 1. The van der Waals surface area contributed by atoms with E-state index in [0.29, 0.717) is 29.9 Å². The predicted octanol–water partition coefficient (Wildman–Crippen LogP) is 3.52. The van der Waals surface area contributed by atoms with Crippen molar-refractivity contribution >= 4 is 21.7 Å². The molecule has 1 heterocycles. The second kappa shape index (κ2) is 6.33. The summed E-state index contributed by atoms with van der Waals surface area (Å²) in [5.74, 6) is 1.07. The Morgan fingerprint density at radius 3 is 2.79 bits per heavy atom. The SMILES string of the molecule is COc1ccc([C@H]2C(C#N)=C(N)OC3=C2C(=O)C[C@@H](C)C3)cc1Br. The van der Waals surface area contributed by atoms with Gasteiger partial charge in [-0.1, -0.05) is 13.0 Å². The molecule has 1 aliphatic heterocycles. The number of hydrogen-bond acceptors (Lipinski definition) is 5. The Hall–Kier alpha value is -2.26. The van der Waals surface area contributed by atoms with Gasteiger partial charge in [0.1, 0.15) is 23.2 Å². The number of nitrogens with two attached hydrogens (primary N) is 1. The number of allylic oxidation sites excluding steroid dienone is 3. The lowest BCUT2D eigenvalue weighted by Gasteiger charge is -2.33. The smallest absolute Gasteiger partial charge is 0.205 e. The number of halogens is 1. The molecule has 6 heteroatoms. The normalized spacial score (nSPS) is 23.5. The van der Waals surface area contributed by atoms with E-state index in [-0.39, 0.29) is 23.2 Å². The maximum absolute atomic E-state index is 12.7. The fourth-order valence-corrected chi connectivity index (χ4v) is 3.85. The van der Waals surface area contributed by atoms with Gasteiger partial charge in [0.15, 0.2) is 5.78 Å². The molecule has 1 aliphatic carbocycles. The molecular formula is C18H17BrN2O3. The van der Waals surface area contributed by atoms with Crippen LogP contribution in [0.4, 0.5) is 0 Å². The molecule has 2 N–H and O–H groups in total. The maximum Gasteiger partial charge on any atom is 0.205 e. The standard InChI is InChI=1S/C18H17BrN2O3/c1-9-5-13(22)17-15(6-9)24-18(21)11(8-20)16(17)10-3-4-14(23-2)12(19)7-10/h3-4,7,9,16H,5-6,21H2,1-2H3/t9-,16+/m1/s1. The predicted molar refractivity (Wildman–Crippen MR) is 91.8 cm³/mol. The van der Waals surface area contributed by atoms with Gasteiger partial charge in [0.25, 0.3) is 0 Å². The molecule has 5 nitrogen and oxygen atoms in total. The van der Waals surface area contributed by atoms with Gasteiger partial charge in [0, 0.05) is 18.4 Å². The van der Waals surface area contributed by atoms with Gasteiger partial charge < -0.3 is 15.2 Å². The van der Waals surface area contributed by atoms with E-state index < -0.39 is 5.92 Å². The van der Waals surface area contributed by atoms with Crippen molar-refractivity contribution in [3.63, 3.8) is 0 Å². The second-order valence-corrected chi connectivity index (χ2v) is 6.95. The third kappa shape index (κ3) is 2.69. The van der Waals surface area contributed by atoms with E-state index in [1.807, 2.05) is 19.1 Å². The molecule has 0 amide bonds. The van der Waals surface area contributed by atoms with Crippen molar-refractivity contribution in [2.45, 2.75) is 25.7 Å². The van der Waals surface area contributed by atoms with Crippen LogP contribution in [0.25, 0.3) is 0 Å². The van der Waals surface area contributed by atoms with Crippen LogP contribution in [0.15, 0.2) is 45.5 Å². The van der Waals surface area contributed by atoms with Gasteiger partial charge in [0.05, 0.1) is 17.5 Å². The summed E-state index contributed by atoms with van der Waals surface area (Å²) in [5, 5.41) is 9.55. The molecule has 1 aromatic rings. The van der Waals surface area contributed by atoms with E-state index in [1.54, 1.807) is 13.2 Å². The van der Waals surface area contributed by atoms with E-state index in [1.165, 1.54) is 0 Å². The molecule has 2 aliphatic rings. The highest BCUT2D eigenvalue weighted by molar-refractivity contribution is 9.10. The van der Waals surface area contributed by atoms with Crippen molar-refractivity contribution < 1.29 is 14.3 Å². The summed E-state index contributed by atoms with van der Waals surface area (Å²) in [5.41, 5.74) is 7.59. The highest BCUT2D eigenvalue weighted by atomic mass is 79.9. The van der Waals surface area contributed by atoms with Gasteiger partial charge in [-0.15, -0.1) is 0 Å². The molecule has 0 aromatic heterocycles. The fourth-order valence-electron chi connectivity index (χ4n) is 3.29. The first-order valence-corrected chi connectivity index (χ1v) is 8.42. The fraction of sp³-hybridized carbons (Fsp3) is 0.333. The number of carbonyl (C=O) groups excluding carboxylic acids is 1. The third-order valence-corrected chi connectivity index (χ3v) is 4.99. The van der Waals surface area contributed by atoms with Gasteiger partial charge in [0.2, 0.25) is 5.88 Å². The Morgan fingerprint density at radius 1 is 1.42 bits per heavy atom. The minimum absolute atomic E-state index is 0.0148. The van der Waals surface area contributed by atoms with Crippen LogP contribution in [0.3, 0.4) is 0 Å². The number of ketones is 1. The van der Waals surface area contributed by atoms with Crippen LogP contribution >= 0.6 is 15.9 Å². The Bertz CT molecular complexity index is 820. The highest BCUT2D eigenvalue weighted by Gasteiger charge is 2.39. The summed E-state index contributed by atoms with van der Waals surface area (Å²) in [6.45, 7) is 2.00. The Kier molecular flexibility index (Phi) is 4.37. The Balaban J connectivity index is 2.17. The maximum atomic E-state index is 12.7. The van der Waals surface area contributed by atoms with Crippen LogP contribution in [-0.4, -0.2) is 12.9 Å². The summed E-state index contributed by atoms with van der Waals surface area (Å²) >= 11 is 3.46. The van der Waals surface area contributed by atoms with Crippen molar-refractivity contribution in [1.29, 1.82) is 5.26 Å². The summed E-state index contributed by atoms with van der Waals surface area (Å²) in [7, 11) is 1.58. The number of ether oxygens (including phenoxy) is 2. The molecule has 1 aromatic carbocycles. The molecule has 124 valence electrons. The molecule has 2 atom stereocenters. The van der Waals surface area contributed by atoms with E-state index >= 15 is 0 Å². The molecule has 0 saturated heterocycles. The van der Waals surface area contributed by atoms with Crippen molar-refractivity contribution in [3.05, 3.63) is 51.0 Å². The highest BCUT2D eigenvalue weighted by Crippen LogP contribution is 2.45. The molecule has 0 radical (unpaired) electrons. The van der Waals surface area contributed by atoms with E-state index in [4.69, 9.17) is 15.2 Å². The Morgan fingerprint density at radius 2 is 2.17 bits per heavy atom. The molecule has 0 fully saturated rings. The van der Waals surface area contributed by atoms with Crippen molar-refractivity contribution in [2.24, 2.45) is 11.7 Å². The number of carbonyl (C=O) groups is 1. The van der Waals surface area contributed by atoms with Gasteiger partial charge in [-0.25, -0.2) is 0 Å². The van der Waals surface area contributed by atoms with Crippen LogP contribution in [0, 0.1) is 17.2 Å². The monoisotopic (exact) mass is 388 g/mol. The summed E-state index contributed by atoms with van der Waals surface area (Å²) < 4.78 is 11.6. The zero-order chi connectivity index (χ0) is 17.4. The molecule has 0 saturated carbocycles. The van der Waals surface area contributed by atoms with Crippen molar-refractivity contribution in [3.8, 4) is 11.8 Å². The van der Waals surface area contributed by atoms with E-state index in [0.717, 1.165) is 10.0 Å². The summed E-state index contributed by atoms with van der Waals surface area (Å²) in [4.78, 5) is 12.7. The largest absolute Gasteiger partial charge is 0.496 e. The number of nitrogens with zero attached hydrogens (tertiary/aromatic N) is 1. The second-order valence-electron chi connectivity index (χ2n) is 6.09. The first-order valence-electron chi connectivity index (χ1n) is 7.63. The van der Waals surface area contributed by atoms with Crippen LogP contribution < -0.4 is 10.5 Å². The van der Waals surface area contributed by atoms with Gasteiger partial charge in [-0.3, -0.25) is 4.79 Å². The molecule has 0 unspecified atom stereocenters.